The van der Waals surface area contributed by atoms with E-state index < -0.39 is 0 Å². The average Bonchev–Trinajstić information content (AvgIpc) is 3.21. The SMILES string of the molecule is COc1ccc(CCNC(=O)CSc2nccn2-c2cccc(F)c2)cc1OC. The Labute approximate surface area is 173 Å². The van der Waals surface area contributed by atoms with Crippen molar-refractivity contribution in [3.05, 3.63) is 66.2 Å². The normalized spacial score (nSPS) is 10.6. The van der Waals surface area contributed by atoms with Gasteiger partial charge in [0.05, 0.1) is 25.7 Å². The van der Waals surface area contributed by atoms with Gasteiger partial charge in [0.25, 0.3) is 0 Å². The van der Waals surface area contributed by atoms with E-state index in [9.17, 15) is 9.18 Å². The molecule has 6 nitrogen and oxygen atoms in total. The van der Waals surface area contributed by atoms with Crippen LogP contribution in [0.5, 0.6) is 11.5 Å². The molecule has 1 N–H and O–H groups in total. The topological polar surface area (TPSA) is 65.4 Å². The Hall–Kier alpha value is -3.00. The molecule has 0 saturated heterocycles. The van der Waals surface area contributed by atoms with Crippen LogP contribution >= 0.6 is 11.8 Å². The summed E-state index contributed by atoms with van der Waals surface area (Å²) in [5.41, 5.74) is 1.70. The number of rotatable bonds is 9. The zero-order valence-electron chi connectivity index (χ0n) is 16.2. The van der Waals surface area contributed by atoms with Crippen LogP contribution in [0.1, 0.15) is 5.56 Å². The third-order valence-electron chi connectivity index (χ3n) is 4.21. The number of thioether (sulfide) groups is 1. The maximum atomic E-state index is 13.5. The summed E-state index contributed by atoms with van der Waals surface area (Å²) in [4.78, 5) is 16.4. The van der Waals surface area contributed by atoms with Gasteiger partial charge in [-0.3, -0.25) is 9.36 Å². The quantitative estimate of drug-likeness (QED) is 0.542. The first-order valence-electron chi connectivity index (χ1n) is 9.00. The first kappa shape index (κ1) is 20.7. The summed E-state index contributed by atoms with van der Waals surface area (Å²) < 4.78 is 25.7. The smallest absolute Gasteiger partial charge is 0.230 e. The molecule has 8 heteroatoms. The van der Waals surface area contributed by atoms with Crippen molar-refractivity contribution in [1.29, 1.82) is 0 Å². The molecule has 3 rings (SSSR count). The molecule has 0 bridgehead atoms. The first-order chi connectivity index (χ1) is 14.1. The second-order valence-corrected chi connectivity index (χ2v) is 7.08. The molecule has 0 fully saturated rings. The Bertz CT molecular complexity index is 977. The number of halogens is 1. The summed E-state index contributed by atoms with van der Waals surface area (Å²) >= 11 is 1.30. The molecular weight excluding hydrogens is 393 g/mol. The van der Waals surface area contributed by atoms with Crippen molar-refractivity contribution >= 4 is 17.7 Å². The second-order valence-electron chi connectivity index (χ2n) is 6.14. The van der Waals surface area contributed by atoms with Crippen molar-refractivity contribution in [1.82, 2.24) is 14.9 Å². The van der Waals surface area contributed by atoms with E-state index in [2.05, 4.69) is 10.3 Å². The third kappa shape index (κ3) is 5.51. The molecular formula is C21H22FN3O3S. The predicted molar refractivity (Wildman–Crippen MR) is 111 cm³/mol. The van der Waals surface area contributed by atoms with Gasteiger partial charge < -0.3 is 14.8 Å². The lowest BCUT2D eigenvalue weighted by atomic mass is 10.1. The summed E-state index contributed by atoms with van der Waals surface area (Å²) in [5.74, 6) is 1.14. The molecule has 1 heterocycles. The molecule has 1 aromatic heterocycles. The molecule has 0 atom stereocenters. The second kappa shape index (κ2) is 9.97. The summed E-state index contributed by atoms with van der Waals surface area (Å²) in [7, 11) is 3.18. The summed E-state index contributed by atoms with van der Waals surface area (Å²) in [6.07, 6.45) is 4.04. The Balaban J connectivity index is 1.50. The standard InChI is InChI=1S/C21H22FN3O3S/c1-27-18-7-6-15(12-19(18)28-2)8-9-23-20(26)14-29-21-24-10-11-25(21)17-5-3-4-16(22)13-17/h3-7,10-13H,8-9,14H2,1-2H3,(H,23,26). The highest BCUT2D eigenvalue weighted by Gasteiger charge is 2.10. The van der Waals surface area contributed by atoms with Crippen molar-refractivity contribution in [2.45, 2.75) is 11.6 Å². The Kier molecular flexibility index (Phi) is 7.13. The number of imidazole rings is 1. The van der Waals surface area contributed by atoms with Gasteiger partial charge >= 0.3 is 0 Å². The van der Waals surface area contributed by atoms with E-state index in [-0.39, 0.29) is 17.5 Å². The maximum Gasteiger partial charge on any atom is 0.230 e. The first-order valence-corrected chi connectivity index (χ1v) is 9.99. The minimum Gasteiger partial charge on any atom is -0.493 e. The van der Waals surface area contributed by atoms with Gasteiger partial charge in [0.2, 0.25) is 5.91 Å². The molecule has 152 valence electrons. The predicted octanol–water partition coefficient (Wildman–Crippen LogP) is 3.48. The number of nitrogens with one attached hydrogen (secondary N) is 1. The van der Waals surface area contributed by atoms with Gasteiger partial charge in [-0.2, -0.15) is 0 Å². The van der Waals surface area contributed by atoms with Gasteiger partial charge in [-0.25, -0.2) is 9.37 Å². The van der Waals surface area contributed by atoms with Crippen LogP contribution in [0.15, 0.2) is 60.0 Å². The van der Waals surface area contributed by atoms with E-state index in [1.165, 1.54) is 23.9 Å². The van der Waals surface area contributed by atoms with E-state index in [4.69, 9.17) is 9.47 Å². The van der Waals surface area contributed by atoms with Crippen LogP contribution < -0.4 is 14.8 Å². The van der Waals surface area contributed by atoms with Crippen molar-refractivity contribution in [3.8, 4) is 17.2 Å². The molecule has 3 aromatic rings. The van der Waals surface area contributed by atoms with Crippen LogP contribution in [0, 0.1) is 5.82 Å². The monoisotopic (exact) mass is 415 g/mol. The van der Waals surface area contributed by atoms with E-state index in [0.717, 1.165) is 5.56 Å². The number of hydrogen-bond acceptors (Lipinski definition) is 5. The maximum absolute atomic E-state index is 13.5. The van der Waals surface area contributed by atoms with Crippen molar-refractivity contribution in [2.75, 3.05) is 26.5 Å². The number of ether oxygens (including phenoxy) is 2. The molecule has 0 saturated carbocycles. The Morgan fingerprint density at radius 1 is 1.17 bits per heavy atom. The van der Waals surface area contributed by atoms with Gasteiger partial charge in [0.1, 0.15) is 5.82 Å². The van der Waals surface area contributed by atoms with Crippen LogP contribution in [0.2, 0.25) is 0 Å². The van der Waals surface area contributed by atoms with E-state index >= 15 is 0 Å². The van der Waals surface area contributed by atoms with Crippen LogP contribution in [0.25, 0.3) is 5.69 Å². The highest BCUT2D eigenvalue weighted by molar-refractivity contribution is 7.99. The number of carbonyl (C=O) groups is 1. The molecule has 0 radical (unpaired) electrons. The van der Waals surface area contributed by atoms with Crippen LogP contribution in [0.4, 0.5) is 4.39 Å². The average molecular weight is 415 g/mol. The largest absolute Gasteiger partial charge is 0.493 e. The molecule has 1 amide bonds. The third-order valence-corrected chi connectivity index (χ3v) is 5.18. The number of hydrogen-bond donors (Lipinski definition) is 1. The summed E-state index contributed by atoms with van der Waals surface area (Å²) in [5, 5.41) is 3.53. The van der Waals surface area contributed by atoms with Gasteiger partial charge in [-0.15, -0.1) is 0 Å². The lowest BCUT2D eigenvalue weighted by Gasteiger charge is -2.10. The highest BCUT2D eigenvalue weighted by atomic mass is 32.2. The fourth-order valence-electron chi connectivity index (χ4n) is 2.78. The Morgan fingerprint density at radius 2 is 2.00 bits per heavy atom. The fraction of sp³-hybridized carbons (Fsp3) is 0.238. The number of nitrogens with zero attached hydrogens (tertiary/aromatic N) is 2. The van der Waals surface area contributed by atoms with Crippen molar-refractivity contribution in [2.24, 2.45) is 0 Å². The summed E-state index contributed by atoms with van der Waals surface area (Å²) in [6.45, 7) is 0.507. The lowest BCUT2D eigenvalue weighted by Crippen LogP contribution is -2.27. The fourth-order valence-corrected chi connectivity index (χ4v) is 3.59. The number of benzene rings is 2. The van der Waals surface area contributed by atoms with E-state index in [0.29, 0.717) is 35.3 Å². The number of carbonyl (C=O) groups excluding carboxylic acids is 1. The summed E-state index contributed by atoms with van der Waals surface area (Å²) in [6, 6.07) is 11.9. The number of amides is 1. The van der Waals surface area contributed by atoms with Crippen LogP contribution in [0.3, 0.4) is 0 Å². The molecule has 0 aliphatic rings. The zero-order chi connectivity index (χ0) is 20.6. The van der Waals surface area contributed by atoms with Gasteiger partial charge in [0, 0.05) is 18.9 Å². The van der Waals surface area contributed by atoms with E-state index in [1.807, 2.05) is 18.2 Å². The molecule has 0 aliphatic carbocycles. The molecule has 0 spiro atoms. The molecule has 0 aliphatic heterocycles. The minimum absolute atomic E-state index is 0.0933. The van der Waals surface area contributed by atoms with E-state index in [1.54, 1.807) is 43.3 Å². The molecule has 29 heavy (non-hydrogen) atoms. The van der Waals surface area contributed by atoms with Gasteiger partial charge in [-0.05, 0) is 42.3 Å². The molecule has 2 aromatic carbocycles. The Morgan fingerprint density at radius 3 is 2.76 bits per heavy atom. The van der Waals surface area contributed by atoms with Crippen LogP contribution in [-0.4, -0.2) is 42.0 Å². The minimum atomic E-state index is -0.319. The molecule has 0 unspecified atom stereocenters. The van der Waals surface area contributed by atoms with Gasteiger partial charge in [0.15, 0.2) is 16.7 Å². The van der Waals surface area contributed by atoms with Crippen LogP contribution in [-0.2, 0) is 11.2 Å². The van der Waals surface area contributed by atoms with Crippen molar-refractivity contribution in [3.63, 3.8) is 0 Å². The number of aromatic nitrogens is 2. The number of methoxy groups -OCH3 is 2. The lowest BCUT2D eigenvalue weighted by molar-refractivity contribution is -0.118. The zero-order valence-corrected chi connectivity index (χ0v) is 17.0. The highest BCUT2D eigenvalue weighted by Crippen LogP contribution is 2.27. The van der Waals surface area contributed by atoms with Crippen molar-refractivity contribution < 1.29 is 18.7 Å². The van der Waals surface area contributed by atoms with Gasteiger partial charge in [-0.1, -0.05) is 23.9 Å².